The number of benzene rings is 2. The van der Waals surface area contributed by atoms with E-state index in [9.17, 15) is 36.7 Å². The molecule has 2 aromatic carbocycles. The molecule has 2 heterocycles. The molecule has 2 amide bonds. The molecule has 3 N–H and O–H groups in total. The Morgan fingerprint density at radius 2 is 1.78 bits per heavy atom. The number of esters is 1. The molecule has 4 rings (SSSR count). The maximum atomic E-state index is 14.0. The molecule has 37 heavy (non-hydrogen) atoms. The molecule has 0 spiro atoms. The van der Waals surface area contributed by atoms with Crippen LogP contribution in [-0.2, 0) is 14.4 Å². The molecule has 1 aliphatic rings. The SMILES string of the molecule is O=C(CNC(=O)c1cc(-c2ccccc2F)n[nH]1)NC1CC(=O)Oc2c(F)cc(F)c(F)c2OCC1=O. The van der Waals surface area contributed by atoms with Crippen molar-refractivity contribution in [3.63, 3.8) is 0 Å². The van der Waals surface area contributed by atoms with Gasteiger partial charge in [0.2, 0.25) is 23.2 Å². The summed E-state index contributed by atoms with van der Waals surface area (Å²) in [5.41, 5.74) is 0.208. The number of carbonyl (C=O) groups is 4. The summed E-state index contributed by atoms with van der Waals surface area (Å²) in [6, 6.07) is 5.62. The number of ether oxygens (including phenoxy) is 2. The lowest BCUT2D eigenvalue weighted by molar-refractivity contribution is -0.137. The van der Waals surface area contributed by atoms with Gasteiger partial charge in [-0.25, -0.2) is 13.2 Å². The lowest BCUT2D eigenvalue weighted by Crippen LogP contribution is -2.48. The fraction of sp³-hybridized carbons (Fsp3) is 0.174. The van der Waals surface area contributed by atoms with E-state index in [0.29, 0.717) is 0 Å². The van der Waals surface area contributed by atoms with Crippen LogP contribution in [0.3, 0.4) is 0 Å². The van der Waals surface area contributed by atoms with Crippen LogP contribution < -0.4 is 20.1 Å². The molecular weight excluding hydrogens is 504 g/mol. The molecule has 0 aliphatic carbocycles. The zero-order valence-electron chi connectivity index (χ0n) is 18.6. The van der Waals surface area contributed by atoms with Gasteiger partial charge in [-0.1, -0.05) is 12.1 Å². The van der Waals surface area contributed by atoms with E-state index in [1.165, 1.54) is 24.3 Å². The van der Waals surface area contributed by atoms with Crippen molar-refractivity contribution in [1.82, 2.24) is 20.8 Å². The standard InChI is InChI=1S/C23H16F4N4O6/c24-11-4-2-1-3-10(11)14-6-16(31-30-14)23(35)28-8-18(33)29-15-7-19(34)37-21-13(26)5-12(25)20(27)22(21)36-9-17(15)32/h1-6,15H,7-9H2,(H,28,35)(H,29,33)(H,30,31). The lowest BCUT2D eigenvalue weighted by atomic mass is 10.1. The average molecular weight is 520 g/mol. The molecule has 14 heteroatoms. The van der Waals surface area contributed by atoms with Gasteiger partial charge in [0.05, 0.1) is 18.7 Å². The number of rotatable bonds is 5. The quantitative estimate of drug-likeness (QED) is 0.202. The Bertz CT molecular complexity index is 1410. The number of halogens is 4. The van der Waals surface area contributed by atoms with E-state index in [0.717, 1.165) is 0 Å². The van der Waals surface area contributed by atoms with Gasteiger partial charge >= 0.3 is 5.97 Å². The van der Waals surface area contributed by atoms with Gasteiger partial charge in [-0.15, -0.1) is 0 Å². The van der Waals surface area contributed by atoms with Crippen molar-refractivity contribution in [2.45, 2.75) is 12.5 Å². The van der Waals surface area contributed by atoms with E-state index in [4.69, 9.17) is 9.47 Å². The van der Waals surface area contributed by atoms with Crippen molar-refractivity contribution in [1.29, 1.82) is 0 Å². The second-order valence-electron chi connectivity index (χ2n) is 7.70. The summed E-state index contributed by atoms with van der Waals surface area (Å²) in [5, 5.41) is 10.7. The largest absolute Gasteiger partial charge is 0.479 e. The van der Waals surface area contributed by atoms with Gasteiger partial charge in [-0.2, -0.15) is 9.49 Å². The van der Waals surface area contributed by atoms with Crippen molar-refractivity contribution >= 4 is 23.6 Å². The van der Waals surface area contributed by atoms with E-state index in [1.54, 1.807) is 6.07 Å². The molecule has 10 nitrogen and oxygen atoms in total. The molecule has 1 aromatic heterocycles. The van der Waals surface area contributed by atoms with Crippen LogP contribution in [0.2, 0.25) is 0 Å². The molecule has 1 unspecified atom stereocenters. The van der Waals surface area contributed by atoms with Crippen LogP contribution in [0, 0.1) is 23.3 Å². The van der Waals surface area contributed by atoms with Gasteiger partial charge in [0, 0.05) is 11.6 Å². The number of carbonyl (C=O) groups excluding carboxylic acids is 4. The van der Waals surface area contributed by atoms with Crippen molar-refractivity contribution in [2.24, 2.45) is 0 Å². The zero-order valence-corrected chi connectivity index (χ0v) is 18.6. The van der Waals surface area contributed by atoms with E-state index >= 15 is 0 Å². The monoisotopic (exact) mass is 520 g/mol. The summed E-state index contributed by atoms with van der Waals surface area (Å²) in [6.45, 7) is -1.60. The molecular formula is C23H16F4N4O6. The number of nitrogens with one attached hydrogen (secondary N) is 3. The molecule has 1 aliphatic heterocycles. The third kappa shape index (κ3) is 5.58. The van der Waals surface area contributed by atoms with Crippen molar-refractivity contribution in [3.05, 3.63) is 65.4 Å². The average Bonchev–Trinajstić information content (AvgIpc) is 3.36. The van der Waals surface area contributed by atoms with E-state index in [-0.39, 0.29) is 23.0 Å². The molecule has 0 radical (unpaired) electrons. The van der Waals surface area contributed by atoms with Gasteiger partial charge in [0.15, 0.2) is 17.4 Å². The third-order valence-corrected chi connectivity index (χ3v) is 5.14. The van der Waals surface area contributed by atoms with Gasteiger partial charge in [-0.3, -0.25) is 24.3 Å². The summed E-state index contributed by atoms with van der Waals surface area (Å²) < 4.78 is 64.9. The first-order valence-corrected chi connectivity index (χ1v) is 10.6. The van der Waals surface area contributed by atoms with Gasteiger partial charge in [0.1, 0.15) is 24.2 Å². The van der Waals surface area contributed by atoms with Crippen LogP contribution in [0.25, 0.3) is 11.3 Å². The number of aromatic amines is 1. The maximum absolute atomic E-state index is 14.0. The highest BCUT2D eigenvalue weighted by molar-refractivity contribution is 5.97. The molecule has 0 saturated heterocycles. The highest BCUT2D eigenvalue weighted by atomic mass is 19.2. The van der Waals surface area contributed by atoms with Crippen LogP contribution in [0.1, 0.15) is 16.9 Å². The summed E-state index contributed by atoms with van der Waals surface area (Å²) >= 11 is 0. The second-order valence-corrected chi connectivity index (χ2v) is 7.70. The first-order valence-electron chi connectivity index (χ1n) is 10.6. The molecule has 0 bridgehead atoms. The van der Waals surface area contributed by atoms with Crippen molar-refractivity contribution < 1.29 is 46.2 Å². The van der Waals surface area contributed by atoms with E-state index in [2.05, 4.69) is 20.8 Å². The Balaban J connectivity index is 1.37. The van der Waals surface area contributed by atoms with Crippen LogP contribution in [0.15, 0.2) is 36.4 Å². The number of hydrogen-bond acceptors (Lipinski definition) is 7. The summed E-state index contributed by atoms with van der Waals surface area (Å²) in [5.74, 6) is -11.3. The minimum absolute atomic E-state index is 0.0874. The minimum Gasteiger partial charge on any atom is -0.479 e. The normalized spacial score (nSPS) is 15.4. The Morgan fingerprint density at radius 1 is 1.03 bits per heavy atom. The number of hydrogen-bond donors (Lipinski definition) is 3. The highest BCUT2D eigenvalue weighted by Gasteiger charge is 2.31. The molecule has 1 atom stereocenters. The maximum Gasteiger partial charge on any atom is 0.313 e. The smallest absolute Gasteiger partial charge is 0.313 e. The number of ketones is 1. The van der Waals surface area contributed by atoms with Crippen LogP contribution in [0.5, 0.6) is 11.5 Å². The number of nitrogens with zero attached hydrogens (tertiary/aromatic N) is 1. The molecule has 192 valence electrons. The molecule has 3 aromatic rings. The number of aromatic nitrogens is 2. The summed E-state index contributed by atoms with van der Waals surface area (Å²) in [7, 11) is 0. The third-order valence-electron chi connectivity index (χ3n) is 5.14. The number of H-pyrrole nitrogens is 1. The Morgan fingerprint density at radius 3 is 2.54 bits per heavy atom. The first-order chi connectivity index (χ1) is 17.6. The highest BCUT2D eigenvalue weighted by Crippen LogP contribution is 2.36. The second kappa shape index (κ2) is 10.5. The number of Topliss-reactive ketones (excluding diaryl/α,β-unsaturated/α-hetero) is 1. The number of fused-ring (bicyclic) bond motifs is 1. The van der Waals surface area contributed by atoms with Crippen LogP contribution in [0.4, 0.5) is 17.6 Å². The fourth-order valence-electron chi connectivity index (χ4n) is 3.34. The van der Waals surface area contributed by atoms with Crippen LogP contribution >= 0.6 is 0 Å². The molecule has 0 saturated carbocycles. The first kappa shape index (κ1) is 25.3. The topological polar surface area (TPSA) is 139 Å². The van der Waals surface area contributed by atoms with Gasteiger partial charge < -0.3 is 20.1 Å². The summed E-state index contributed by atoms with van der Waals surface area (Å²) in [4.78, 5) is 49.2. The summed E-state index contributed by atoms with van der Waals surface area (Å²) in [6.07, 6.45) is -0.785. The zero-order chi connectivity index (χ0) is 26.7. The Kier molecular flexibility index (Phi) is 7.18. The predicted molar refractivity (Wildman–Crippen MR) is 115 cm³/mol. The fourth-order valence-corrected chi connectivity index (χ4v) is 3.34. The van der Waals surface area contributed by atoms with E-state index < -0.39 is 83.9 Å². The van der Waals surface area contributed by atoms with Gasteiger partial charge in [-0.05, 0) is 18.2 Å². The predicted octanol–water partition coefficient (Wildman–Crippen LogP) is 1.80. The Labute approximate surface area is 204 Å². The van der Waals surface area contributed by atoms with Crippen LogP contribution in [-0.4, -0.2) is 53.0 Å². The number of amides is 2. The van der Waals surface area contributed by atoms with Crippen molar-refractivity contribution in [3.8, 4) is 22.8 Å². The van der Waals surface area contributed by atoms with Crippen molar-refractivity contribution in [2.75, 3.05) is 13.2 Å². The minimum atomic E-state index is -1.67. The van der Waals surface area contributed by atoms with E-state index in [1.807, 2.05) is 0 Å². The lowest BCUT2D eigenvalue weighted by Gasteiger charge is -2.15. The Hall–Kier alpha value is -4.75. The molecule has 0 fully saturated rings. The van der Waals surface area contributed by atoms with Gasteiger partial charge in [0.25, 0.3) is 5.91 Å².